The Morgan fingerprint density at radius 3 is 1.73 bits per heavy atom. The van der Waals surface area contributed by atoms with Gasteiger partial charge in [-0.15, -0.1) is 0 Å². The van der Waals surface area contributed by atoms with Gasteiger partial charge in [-0.2, -0.15) is 0 Å². The molecule has 0 radical (unpaired) electrons. The van der Waals surface area contributed by atoms with Crippen LogP contribution in [0.4, 0.5) is 0 Å². The quantitative estimate of drug-likeness (QED) is 0.151. The van der Waals surface area contributed by atoms with Gasteiger partial charge in [0.25, 0.3) is 0 Å². The van der Waals surface area contributed by atoms with Crippen molar-refractivity contribution in [1.29, 1.82) is 0 Å². The molecular weight excluding hydrogens is 460 g/mol. The van der Waals surface area contributed by atoms with Crippen LogP contribution >= 0.6 is 0 Å². The third-order valence-corrected chi connectivity index (χ3v) is 5.97. The Morgan fingerprint density at radius 2 is 1.24 bits per heavy atom. The molecule has 0 saturated carbocycles. The Morgan fingerprint density at radius 1 is 0.636 bits per heavy atom. The molecule has 0 aliphatic carbocycles. The molecule has 3 rings (SSSR count). The summed E-state index contributed by atoms with van der Waals surface area (Å²) in [6.07, 6.45) is -20.0. The van der Waals surface area contributed by atoms with Crippen LogP contribution in [0.3, 0.4) is 0 Å². The smallest absolute Gasteiger partial charge is 0.226 e. The van der Waals surface area contributed by atoms with Gasteiger partial charge in [-0.3, -0.25) is 0 Å². The molecule has 0 spiro atoms. The van der Waals surface area contributed by atoms with E-state index in [0.717, 1.165) is 0 Å². The minimum absolute atomic E-state index is 0.758. The first-order chi connectivity index (χ1) is 15.5. The summed E-state index contributed by atoms with van der Waals surface area (Å²) in [5.74, 6) is -4.94. The van der Waals surface area contributed by atoms with Crippen LogP contribution in [0.1, 0.15) is 0 Å². The highest BCUT2D eigenvalue weighted by molar-refractivity contribution is 5.00. The lowest BCUT2D eigenvalue weighted by Crippen LogP contribution is -2.63. The molecule has 0 aromatic carbocycles. The fraction of sp³-hybridized carbons (Fsp3) is 1.00. The first-order valence-corrected chi connectivity index (χ1v) is 10.1. The lowest BCUT2D eigenvalue weighted by Gasteiger charge is -2.44. The third kappa shape index (κ3) is 4.64. The lowest BCUT2D eigenvalue weighted by molar-refractivity contribution is -0.405. The summed E-state index contributed by atoms with van der Waals surface area (Å²) < 4.78 is 26.3. The SMILES string of the molecule is OC[C@@H]1O[C@](CO)(OC[C@]2(O[C@H]3O[C@H](CO)[C@@H](O)[C@H](O)[C@H]3O)O[C@@H](O)[C@@H](O)[C@@H]2O)[C@@H](O)[C@@H]1O. The van der Waals surface area contributed by atoms with E-state index in [0.29, 0.717) is 0 Å². The van der Waals surface area contributed by atoms with E-state index in [1.807, 2.05) is 0 Å². The summed E-state index contributed by atoms with van der Waals surface area (Å²) in [4.78, 5) is 0. The molecule has 0 amide bonds. The third-order valence-electron chi connectivity index (χ3n) is 5.97. The van der Waals surface area contributed by atoms with Crippen molar-refractivity contribution in [2.45, 2.75) is 79.1 Å². The summed E-state index contributed by atoms with van der Waals surface area (Å²) >= 11 is 0. The maximum Gasteiger partial charge on any atom is 0.226 e. The van der Waals surface area contributed by atoms with E-state index in [9.17, 15) is 56.2 Å². The summed E-state index contributed by atoms with van der Waals surface area (Å²) in [5, 5.41) is 109. The van der Waals surface area contributed by atoms with Gasteiger partial charge in [-0.1, -0.05) is 0 Å². The predicted molar refractivity (Wildman–Crippen MR) is 96.4 cm³/mol. The summed E-state index contributed by atoms with van der Waals surface area (Å²) in [5.41, 5.74) is 0. The summed E-state index contributed by atoms with van der Waals surface area (Å²) in [6, 6.07) is 0. The normalized spacial score (nSPS) is 53.0. The Labute approximate surface area is 186 Å². The van der Waals surface area contributed by atoms with Gasteiger partial charge < -0.3 is 79.9 Å². The maximum atomic E-state index is 10.5. The van der Waals surface area contributed by atoms with Crippen LogP contribution in [0.5, 0.6) is 0 Å². The van der Waals surface area contributed by atoms with Crippen molar-refractivity contribution in [2.24, 2.45) is 0 Å². The van der Waals surface area contributed by atoms with E-state index in [1.54, 1.807) is 0 Å². The standard InChI is InChI=1S/C17H30O16/c18-1-5-7(21)9(23)10(24)15(30-5)33-17(13(27)11(25)14(28)32-17)4-29-16(3-20)12(26)8(22)6(2-19)31-16/h5-15,18-28H,1-4H2/t5-,6+,7-,8-,9+,10-,11+,12+,13+,14-,15-,16+,17-/m1/s1. The van der Waals surface area contributed by atoms with Gasteiger partial charge in [-0.25, -0.2) is 0 Å². The van der Waals surface area contributed by atoms with Gasteiger partial charge in [0.1, 0.15) is 68.1 Å². The molecule has 16 nitrogen and oxygen atoms in total. The molecule has 0 unspecified atom stereocenters. The number of hydrogen-bond acceptors (Lipinski definition) is 16. The molecule has 194 valence electrons. The Hall–Kier alpha value is -0.640. The first-order valence-electron chi connectivity index (χ1n) is 10.1. The van der Waals surface area contributed by atoms with E-state index in [-0.39, 0.29) is 0 Å². The Bertz CT molecular complexity index is 653. The van der Waals surface area contributed by atoms with Crippen LogP contribution in [0.15, 0.2) is 0 Å². The van der Waals surface area contributed by atoms with Crippen molar-refractivity contribution in [1.82, 2.24) is 0 Å². The molecule has 0 aromatic heterocycles. The Balaban J connectivity index is 1.85. The van der Waals surface area contributed by atoms with Crippen molar-refractivity contribution in [2.75, 3.05) is 26.4 Å². The number of rotatable bonds is 8. The van der Waals surface area contributed by atoms with Gasteiger partial charge in [0, 0.05) is 0 Å². The van der Waals surface area contributed by atoms with Crippen LogP contribution in [0.2, 0.25) is 0 Å². The van der Waals surface area contributed by atoms with E-state index in [4.69, 9.17) is 23.7 Å². The molecule has 11 N–H and O–H groups in total. The van der Waals surface area contributed by atoms with E-state index >= 15 is 0 Å². The molecule has 33 heavy (non-hydrogen) atoms. The summed E-state index contributed by atoms with van der Waals surface area (Å²) in [6.45, 7) is -3.68. The summed E-state index contributed by atoms with van der Waals surface area (Å²) in [7, 11) is 0. The molecule has 13 atom stereocenters. The van der Waals surface area contributed by atoms with Gasteiger partial charge in [0.2, 0.25) is 11.6 Å². The second-order valence-electron chi connectivity index (χ2n) is 8.10. The van der Waals surface area contributed by atoms with E-state index in [1.165, 1.54) is 0 Å². The molecule has 3 saturated heterocycles. The molecule has 3 heterocycles. The van der Waals surface area contributed by atoms with Crippen molar-refractivity contribution in [3.05, 3.63) is 0 Å². The number of aliphatic hydroxyl groups excluding tert-OH is 11. The van der Waals surface area contributed by atoms with Crippen LogP contribution in [-0.2, 0) is 23.7 Å². The second-order valence-corrected chi connectivity index (χ2v) is 8.10. The van der Waals surface area contributed by atoms with Crippen molar-refractivity contribution in [3.8, 4) is 0 Å². The fourth-order valence-corrected chi connectivity index (χ4v) is 3.90. The van der Waals surface area contributed by atoms with Gasteiger partial charge in [0.05, 0.1) is 13.2 Å². The van der Waals surface area contributed by atoms with E-state index in [2.05, 4.69) is 0 Å². The fourth-order valence-electron chi connectivity index (χ4n) is 3.90. The van der Waals surface area contributed by atoms with Crippen molar-refractivity contribution >= 4 is 0 Å². The maximum absolute atomic E-state index is 10.5. The average molecular weight is 490 g/mol. The molecule has 3 aliphatic heterocycles. The lowest BCUT2D eigenvalue weighted by atomic mass is 9.99. The zero-order chi connectivity index (χ0) is 24.7. The van der Waals surface area contributed by atoms with Crippen molar-refractivity contribution in [3.63, 3.8) is 0 Å². The minimum Gasteiger partial charge on any atom is -0.394 e. The molecule has 0 aromatic rings. The molecule has 16 heteroatoms. The van der Waals surface area contributed by atoms with Crippen LogP contribution in [-0.4, -0.2) is 162 Å². The molecular formula is C17H30O16. The van der Waals surface area contributed by atoms with Gasteiger partial charge in [0.15, 0.2) is 12.6 Å². The van der Waals surface area contributed by atoms with Crippen molar-refractivity contribution < 1.29 is 79.9 Å². The topological polar surface area (TPSA) is 269 Å². The highest BCUT2D eigenvalue weighted by Gasteiger charge is 2.62. The van der Waals surface area contributed by atoms with Crippen LogP contribution in [0, 0.1) is 0 Å². The van der Waals surface area contributed by atoms with E-state index < -0.39 is 106 Å². The monoisotopic (exact) mass is 490 g/mol. The predicted octanol–water partition coefficient (Wildman–Crippen LogP) is -7.61. The van der Waals surface area contributed by atoms with Crippen LogP contribution in [0.25, 0.3) is 0 Å². The second kappa shape index (κ2) is 10.2. The zero-order valence-electron chi connectivity index (χ0n) is 17.1. The van der Waals surface area contributed by atoms with Crippen LogP contribution < -0.4 is 0 Å². The number of ether oxygens (including phenoxy) is 5. The average Bonchev–Trinajstić information content (AvgIpc) is 3.18. The number of hydrogen-bond donors (Lipinski definition) is 11. The first kappa shape index (κ1) is 27.0. The molecule has 0 bridgehead atoms. The largest absolute Gasteiger partial charge is 0.394 e. The molecule has 3 fully saturated rings. The Kier molecular flexibility index (Phi) is 8.29. The highest BCUT2D eigenvalue weighted by atomic mass is 16.8. The highest BCUT2D eigenvalue weighted by Crippen LogP contribution is 2.39. The van der Waals surface area contributed by atoms with Gasteiger partial charge in [-0.05, 0) is 0 Å². The minimum atomic E-state index is -2.58. The molecule has 3 aliphatic rings. The zero-order valence-corrected chi connectivity index (χ0v) is 17.1. The number of aliphatic hydroxyl groups is 11. The van der Waals surface area contributed by atoms with Gasteiger partial charge >= 0.3 is 0 Å².